The summed E-state index contributed by atoms with van der Waals surface area (Å²) in [5.41, 5.74) is -1.61. The van der Waals surface area contributed by atoms with Gasteiger partial charge in [0.2, 0.25) is 10.0 Å². The number of allylic oxidation sites excluding steroid dienone is 1. The lowest BCUT2D eigenvalue weighted by Crippen LogP contribution is -2.44. The molecular formula is C19H24F3NO4S. The van der Waals surface area contributed by atoms with Gasteiger partial charge >= 0.3 is 12.1 Å². The minimum absolute atomic E-state index is 0.228. The highest BCUT2D eigenvalue weighted by Crippen LogP contribution is 2.41. The first-order chi connectivity index (χ1) is 13.0. The maximum Gasteiger partial charge on any atom is 0.416 e. The maximum atomic E-state index is 12.6. The molecule has 1 aliphatic rings. The van der Waals surface area contributed by atoms with E-state index in [0.29, 0.717) is 32.1 Å². The summed E-state index contributed by atoms with van der Waals surface area (Å²) in [4.78, 5) is 12.1. The molecule has 5 nitrogen and oxygen atoms in total. The summed E-state index contributed by atoms with van der Waals surface area (Å²) in [5, 5.41) is 0. The minimum atomic E-state index is -4.53. The molecule has 0 spiro atoms. The van der Waals surface area contributed by atoms with Crippen LogP contribution in [-0.2, 0) is 25.7 Å². The number of carbonyl (C=O) groups is 1. The Labute approximate surface area is 163 Å². The number of carbonyl (C=O) groups excluding carboxylic acids is 1. The fourth-order valence-corrected chi connectivity index (χ4v) is 4.76. The van der Waals surface area contributed by atoms with Gasteiger partial charge in [-0.15, -0.1) is 6.58 Å². The van der Waals surface area contributed by atoms with Gasteiger partial charge in [0.1, 0.15) is 0 Å². The molecule has 0 unspecified atom stereocenters. The van der Waals surface area contributed by atoms with Crippen LogP contribution in [0.2, 0.25) is 0 Å². The van der Waals surface area contributed by atoms with Crippen molar-refractivity contribution in [3.63, 3.8) is 0 Å². The van der Waals surface area contributed by atoms with Gasteiger partial charge in [-0.25, -0.2) is 13.1 Å². The first-order valence-corrected chi connectivity index (χ1v) is 10.5. The number of esters is 1. The zero-order chi connectivity index (χ0) is 21.0. The number of halogens is 3. The molecule has 1 aromatic carbocycles. The van der Waals surface area contributed by atoms with Crippen molar-refractivity contribution in [1.29, 1.82) is 0 Å². The van der Waals surface area contributed by atoms with E-state index in [2.05, 4.69) is 11.3 Å². The summed E-state index contributed by atoms with van der Waals surface area (Å²) in [6.45, 7) is 5.68. The highest BCUT2D eigenvalue weighted by molar-refractivity contribution is 7.89. The second-order valence-electron chi connectivity index (χ2n) is 6.91. The lowest BCUT2D eigenvalue weighted by atomic mass is 9.70. The van der Waals surface area contributed by atoms with Crippen molar-refractivity contribution in [3.05, 3.63) is 42.5 Å². The second kappa shape index (κ2) is 8.65. The number of rotatable bonds is 7. The molecule has 156 valence electrons. The molecule has 1 saturated carbocycles. The molecule has 0 amide bonds. The van der Waals surface area contributed by atoms with Crippen LogP contribution in [0.3, 0.4) is 0 Å². The highest BCUT2D eigenvalue weighted by atomic mass is 32.2. The van der Waals surface area contributed by atoms with Crippen LogP contribution in [-0.4, -0.2) is 27.0 Å². The monoisotopic (exact) mass is 419 g/mol. The van der Waals surface area contributed by atoms with Gasteiger partial charge in [-0.1, -0.05) is 6.08 Å². The van der Waals surface area contributed by atoms with Crippen LogP contribution >= 0.6 is 0 Å². The van der Waals surface area contributed by atoms with Gasteiger partial charge in [0, 0.05) is 6.04 Å². The number of nitrogens with one attached hydrogen (secondary N) is 1. The number of hydrogen-bond donors (Lipinski definition) is 1. The molecule has 0 bridgehead atoms. The van der Waals surface area contributed by atoms with E-state index in [1.165, 1.54) is 0 Å². The van der Waals surface area contributed by atoms with Crippen molar-refractivity contribution in [3.8, 4) is 0 Å². The molecule has 0 radical (unpaired) electrons. The molecule has 2 rings (SSSR count). The van der Waals surface area contributed by atoms with Gasteiger partial charge in [-0.2, -0.15) is 13.2 Å². The van der Waals surface area contributed by atoms with E-state index in [1.807, 2.05) is 0 Å². The van der Waals surface area contributed by atoms with Gasteiger partial charge in [0.15, 0.2) is 0 Å². The molecule has 0 atom stereocenters. The third-order valence-corrected chi connectivity index (χ3v) is 6.54. The predicted molar refractivity (Wildman–Crippen MR) is 97.9 cm³/mol. The molecule has 0 aromatic heterocycles. The quantitative estimate of drug-likeness (QED) is 0.535. The van der Waals surface area contributed by atoms with Crippen molar-refractivity contribution in [2.75, 3.05) is 6.61 Å². The Balaban J connectivity index is 2.06. The van der Waals surface area contributed by atoms with Gasteiger partial charge in [0.25, 0.3) is 0 Å². The SMILES string of the molecule is C=CCC1(C(=O)OCC)CCC(NS(=O)(=O)c2ccc(C(F)(F)F)cc2)CC1. The Bertz CT molecular complexity index is 795. The van der Waals surface area contributed by atoms with Crippen LogP contribution in [0.25, 0.3) is 0 Å². The Morgan fingerprint density at radius 1 is 1.29 bits per heavy atom. The van der Waals surface area contributed by atoms with E-state index in [1.54, 1.807) is 13.0 Å². The smallest absolute Gasteiger partial charge is 0.416 e. The van der Waals surface area contributed by atoms with Crippen molar-refractivity contribution in [2.24, 2.45) is 5.41 Å². The topological polar surface area (TPSA) is 72.5 Å². The standard InChI is InChI=1S/C19H24F3NO4S/c1-3-11-18(17(24)27-4-2)12-9-15(10-13-18)23-28(25,26)16-7-5-14(6-8-16)19(20,21)22/h3,5-8,15,23H,1,4,9-13H2,2H3. The molecule has 0 saturated heterocycles. The van der Waals surface area contributed by atoms with Gasteiger partial charge in [0.05, 0.1) is 22.5 Å². The number of benzene rings is 1. The van der Waals surface area contributed by atoms with Crippen LogP contribution in [0, 0.1) is 5.41 Å². The summed E-state index contributed by atoms with van der Waals surface area (Å²) in [6.07, 6.45) is -0.691. The molecular weight excluding hydrogens is 395 g/mol. The van der Waals surface area contributed by atoms with Crippen LogP contribution in [0.15, 0.2) is 41.8 Å². The second-order valence-corrected chi connectivity index (χ2v) is 8.63. The Morgan fingerprint density at radius 2 is 1.86 bits per heavy atom. The molecule has 28 heavy (non-hydrogen) atoms. The number of ether oxygens (including phenoxy) is 1. The number of hydrogen-bond acceptors (Lipinski definition) is 4. The number of sulfonamides is 1. The highest BCUT2D eigenvalue weighted by Gasteiger charge is 2.42. The van der Waals surface area contributed by atoms with Crippen LogP contribution < -0.4 is 4.72 Å². The van der Waals surface area contributed by atoms with Crippen molar-refractivity contribution in [1.82, 2.24) is 4.72 Å². The first kappa shape index (κ1) is 22.4. The van der Waals surface area contributed by atoms with Crippen LogP contribution in [0.5, 0.6) is 0 Å². The average molecular weight is 419 g/mol. The summed E-state index contributed by atoms with van der Waals surface area (Å²) in [6, 6.07) is 2.96. The average Bonchev–Trinajstić information content (AvgIpc) is 2.63. The summed E-state index contributed by atoms with van der Waals surface area (Å²) >= 11 is 0. The van der Waals surface area contributed by atoms with E-state index in [-0.39, 0.29) is 17.5 Å². The predicted octanol–water partition coefficient (Wildman–Crippen LogP) is 4.05. The van der Waals surface area contributed by atoms with Gasteiger partial charge < -0.3 is 4.74 Å². The van der Waals surface area contributed by atoms with Gasteiger partial charge in [-0.05, 0) is 63.3 Å². The molecule has 1 aromatic rings. The zero-order valence-corrected chi connectivity index (χ0v) is 16.4. The van der Waals surface area contributed by atoms with E-state index >= 15 is 0 Å². The van der Waals surface area contributed by atoms with Crippen LogP contribution in [0.4, 0.5) is 13.2 Å². The van der Waals surface area contributed by atoms with E-state index in [0.717, 1.165) is 24.3 Å². The van der Waals surface area contributed by atoms with Crippen LogP contribution in [0.1, 0.15) is 44.6 Å². The maximum absolute atomic E-state index is 12.6. The Kier molecular flexibility index (Phi) is 6.93. The number of alkyl halides is 3. The molecule has 1 aliphatic carbocycles. The fourth-order valence-electron chi connectivity index (χ4n) is 3.45. The first-order valence-electron chi connectivity index (χ1n) is 9.02. The lowest BCUT2D eigenvalue weighted by Gasteiger charge is -2.37. The minimum Gasteiger partial charge on any atom is -0.466 e. The summed E-state index contributed by atoms with van der Waals surface area (Å²) < 4.78 is 70.6. The Morgan fingerprint density at radius 3 is 2.32 bits per heavy atom. The fraction of sp³-hybridized carbons (Fsp3) is 0.526. The normalized spacial score (nSPS) is 23.2. The molecule has 1 fully saturated rings. The lowest BCUT2D eigenvalue weighted by molar-refractivity contribution is -0.157. The summed E-state index contributed by atoms with van der Waals surface area (Å²) in [5.74, 6) is -0.307. The molecule has 0 aliphatic heterocycles. The van der Waals surface area contributed by atoms with E-state index < -0.39 is 33.2 Å². The molecule has 9 heteroatoms. The largest absolute Gasteiger partial charge is 0.466 e. The zero-order valence-electron chi connectivity index (χ0n) is 15.6. The third-order valence-electron chi connectivity index (χ3n) is 5.00. The molecule has 1 N–H and O–H groups in total. The van der Waals surface area contributed by atoms with Crippen molar-refractivity contribution < 1.29 is 31.1 Å². The molecule has 0 heterocycles. The van der Waals surface area contributed by atoms with E-state index in [9.17, 15) is 26.4 Å². The van der Waals surface area contributed by atoms with Crippen molar-refractivity contribution >= 4 is 16.0 Å². The third kappa shape index (κ3) is 5.14. The van der Waals surface area contributed by atoms with Gasteiger partial charge in [-0.3, -0.25) is 4.79 Å². The van der Waals surface area contributed by atoms with Crippen molar-refractivity contribution in [2.45, 2.75) is 56.1 Å². The summed E-state index contributed by atoms with van der Waals surface area (Å²) in [7, 11) is -3.96. The van der Waals surface area contributed by atoms with E-state index in [4.69, 9.17) is 4.74 Å². The Hall–Kier alpha value is -1.87.